The van der Waals surface area contributed by atoms with Crippen molar-refractivity contribution in [3.63, 3.8) is 0 Å². The molecule has 0 aliphatic carbocycles. The molecular weight excluding hydrogens is 234 g/mol. The van der Waals surface area contributed by atoms with Crippen LogP contribution in [0.25, 0.3) is 0 Å². The van der Waals surface area contributed by atoms with Gasteiger partial charge in [-0.15, -0.1) is 0 Å². The third-order valence-electron chi connectivity index (χ3n) is 3.12. The highest BCUT2D eigenvalue weighted by molar-refractivity contribution is 5.44. The number of rotatable bonds is 4. The highest BCUT2D eigenvalue weighted by Crippen LogP contribution is 2.32. The van der Waals surface area contributed by atoms with Crippen molar-refractivity contribution in [2.24, 2.45) is 0 Å². The Hall–Kier alpha value is -1.30. The third-order valence-corrected chi connectivity index (χ3v) is 3.12. The Morgan fingerprint density at radius 1 is 1.33 bits per heavy atom. The van der Waals surface area contributed by atoms with Crippen LogP contribution in [0.2, 0.25) is 0 Å². The fourth-order valence-electron chi connectivity index (χ4n) is 2.19. The molecule has 1 aliphatic rings. The Morgan fingerprint density at radius 2 is 2.11 bits per heavy atom. The molecule has 2 N–H and O–H groups in total. The topological polar surface area (TPSA) is 60.0 Å². The van der Waals surface area contributed by atoms with Gasteiger partial charge >= 0.3 is 0 Å². The predicted octanol–water partition coefficient (Wildman–Crippen LogP) is 0.726. The van der Waals surface area contributed by atoms with Gasteiger partial charge in [-0.2, -0.15) is 0 Å². The van der Waals surface area contributed by atoms with Crippen molar-refractivity contribution in [3.8, 4) is 11.5 Å². The number of hydrogen-bond acceptors (Lipinski definition) is 5. The maximum atomic E-state index is 9.33. The molecular formula is C13H19NO4. The molecule has 100 valence electrons. The number of aliphatic hydroxyl groups is 1. The second-order valence-corrected chi connectivity index (χ2v) is 4.14. The van der Waals surface area contributed by atoms with Crippen LogP contribution in [-0.2, 0) is 4.74 Å². The van der Waals surface area contributed by atoms with Crippen molar-refractivity contribution in [2.45, 2.75) is 12.1 Å². The van der Waals surface area contributed by atoms with Crippen molar-refractivity contribution < 1.29 is 19.3 Å². The van der Waals surface area contributed by atoms with Crippen LogP contribution in [0, 0.1) is 0 Å². The van der Waals surface area contributed by atoms with Crippen LogP contribution < -0.4 is 14.8 Å². The quantitative estimate of drug-likeness (QED) is 0.828. The SMILES string of the molecule is COc1ccc([C@H]2NCCO[C@@H]2CO)cc1OC. The van der Waals surface area contributed by atoms with E-state index in [-0.39, 0.29) is 18.8 Å². The van der Waals surface area contributed by atoms with Gasteiger partial charge in [0.15, 0.2) is 11.5 Å². The van der Waals surface area contributed by atoms with Gasteiger partial charge in [-0.3, -0.25) is 0 Å². The maximum Gasteiger partial charge on any atom is 0.161 e. The first-order chi connectivity index (χ1) is 8.80. The van der Waals surface area contributed by atoms with Gasteiger partial charge in [0.25, 0.3) is 0 Å². The molecule has 2 atom stereocenters. The van der Waals surface area contributed by atoms with Crippen molar-refractivity contribution in [3.05, 3.63) is 23.8 Å². The summed E-state index contributed by atoms with van der Waals surface area (Å²) in [6.07, 6.45) is -0.225. The Labute approximate surface area is 107 Å². The molecule has 0 unspecified atom stereocenters. The van der Waals surface area contributed by atoms with E-state index in [2.05, 4.69) is 5.32 Å². The Bertz CT molecular complexity index is 397. The molecule has 5 nitrogen and oxygen atoms in total. The summed E-state index contributed by atoms with van der Waals surface area (Å²) in [6, 6.07) is 5.70. The van der Waals surface area contributed by atoms with Crippen molar-refractivity contribution in [1.82, 2.24) is 5.32 Å². The normalized spacial score (nSPS) is 23.7. The lowest BCUT2D eigenvalue weighted by atomic mass is 10.00. The zero-order valence-electron chi connectivity index (χ0n) is 10.7. The largest absolute Gasteiger partial charge is 0.493 e. The Kier molecular flexibility index (Phi) is 4.41. The van der Waals surface area contributed by atoms with E-state index in [9.17, 15) is 5.11 Å². The lowest BCUT2D eigenvalue weighted by Gasteiger charge is -2.32. The molecule has 5 heteroatoms. The zero-order valence-corrected chi connectivity index (χ0v) is 10.7. The highest BCUT2D eigenvalue weighted by Gasteiger charge is 2.27. The van der Waals surface area contributed by atoms with Gasteiger partial charge in [-0.05, 0) is 17.7 Å². The molecule has 0 saturated carbocycles. The minimum atomic E-state index is -0.225. The van der Waals surface area contributed by atoms with Crippen LogP contribution in [0.5, 0.6) is 11.5 Å². The predicted molar refractivity (Wildman–Crippen MR) is 67.1 cm³/mol. The summed E-state index contributed by atoms with van der Waals surface area (Å²) in [6.45, 7) is 1.39. The minimum absolute atomic E-state index is 0.00793. The average Bonchev–Trinajstić information content (AvgIpc) is 2.46. The fraction of sp³-hybridized carbons (Fsp3) is 0.538. The number of methoxy groups -OCH3 is 2. The van der Waals surface area contributed by atoms with Crippen LogP contribution in [0.4, 0.5) is 0 Å². The van der Waals surface area contributed by atoms with E-state index in [1.807, 2.05) is 18.2 Å². The van der Waals surface area contributed by atoms with E-state index >= 15 is 0 Å². The summed E-state index contributed by atoms with van der Waals surface area (Å²) >= 11 is 0. The monoisotopic (exact) mass is 253 g/mol. The Morgan fingerprint density at radius 3 is 2.78 bits per heavy atom. The van der Waals surface area contributed by atoms with E-state index in [0.717, 1.165) is 12.1 Å². The average molecular weight is 253 g/mol. The molecule has 1 aromatic carbocycles. The second-order valence-electron chi connectivity index (χ2n) is 4.14. The lowest BCUT2D eigenvalue weighted by Crippen LogP contribution is -2.43. The molecule has 0 amide bonds. The molecule has 1 heterocycles. The zero-order chi connectivity index (χ0) is 13.0. The van der Waals surface area contributed by atoms with Crippen LogP contribution in [0.3, 0.4) is 0 Å². The Balaban J connectivity index is 2.26. The van der Waals surface area contributed by atoms with Crippen molar-refractivity contribution in [1.29, 1.82) is 0 Å². The summed E-state index contributed by atoms with van der Waals surface area (Å²) in [5.74, 6) is 1.37. The van der Waals surface area contributed by atoms with E-state index in [4.69, 9.17) is 14.2 Å². The van der Waals surface area contributed by atoms with E-state index < -0.39 is 0 Å². The number of nitrogens with one attached hydrogen (secondary N) is 1. The van der Waals surface area contributed by atoms with Gasteiger partial charge in [-0.25, -0.2) is 0 Å². The van der Waals surface area contributed by atoms with E-state index in [1.54, 1.807) is 14.2 Å². The molecule has 0 bridgehead atoms. The van der Waals surface area contributed by atoms with Gasteiger partial charge in [0.1, 0.15) is 0 Å². The highest BCUT2D eigenvalue weighted by atomic mass is 16.5. The van der Waals surface area contributed by atoms with Crippen LogP contribution in [0.15, 0.2) is 18.2 Å². The number of hydrogen-bond donors (Lipinski definition) is 2. The smallest absolute Gasteiger partial charge is 0.161 e. The number of morpholine rings is 1. The molecule has 1 aromatic rings. The van der Waals surface area contributed by atoms with E-state index in [1.165, 1.54) is 0 Å². The first kappa shape index (κ1) is 13.1. The van der Waals surface area contributed by atoms with Gasteiger partial charge in [0.05, 0.1) is 39.6 Å². The number of ether oxygens (including phenoxy) is 3. The molecule has 1 saturated heterocycles. The van der Waals surface area contributed by atoms with Crippen molar-refractivity contribution in [2.75, 3.05) is 34.0 Å². The van der Waals surface area contributed by atoms with Crippen LogP contribution >= 0.6 is 0 Å². The van der Waals surface area contributed by atoms with Gasteiger partial charge in [-0.1, -0.05) is 6.07 Å². The third kappa shape index (κ3) is 2.58. The minimum Gasteiger partial charge on any atom is -0.493 e. The van der Waals surface area contributed by atoms with Crippen LogP contribution in [0.1, 0.15) is 11.6 Å². The second kappa shape index (κ2) is 6.04. The summed E-state index contributed by atoms with van der Waals surface area (Å²) < 4.78 is 16.0. The van der Waals surface area contributed by atoms with Crippen LogP contribution in [-0.4, -0.2) is 45.2 Å². The van der Waals surface area contributed by atoms with Gasteiger partial charge in [0.2, 0.25) is 0 Å². The molecule has 0 radical (unpaired) electrons. The molecule has 0 spiro atoms. The lowest BCUT2D eigenvalue weighted by molar-refractivity contribution is -0.0357. The molecule has 0 aromatic heterocycles. The first-order valence-electron chi connectivity index (χ1n) is 5.98. The standard InChI is InChI=1S/C13H19NO4/c1-16-10-4-3-9(7-11(10)17-2)13-12(8-15)18-6-5-14-13/h3-4,7,12-15H,5-6,8H2,1-2H3/t12-,13-/m1/s1. The van der Waals surface area contributed by atoms with Crippen molar-refractivity contribution >= 4 is 0 Å². The maximum absolute atomic E-state index is 9.33. The summed E-state index contributed by atoms with van der Waals surface area (Å²) in [7, 11) is 3.21. The van der Waals surface area contributed by atoms with E-state index in [0.29, 0.717) is 18.1 Å². The first-order valence-corrected chi connectivity index (χ1v) is 5.98. The number of benzene rings is 1. The fourth-order valence-corrected chi connectivity index (χ4v) is 2.19. The summed E-state index contributed by atoms with van der Waals surface area (Å²) in [5.41, 5.74) is 1.02. The molecule has 1 fully saturated rings. The number of aliphatic hydroxyl groups excluding tert-OH is 1. The molecule has 2 rings (SSSR count). The molecule has 1 aliphatic heterocycles. The summed E-state index contributed by atoms with van der Waals surface area (Å²) in [4.78, 5) is 0. The van der Waals surface area contributed by atoms with Gasteiger partial charge in [0, 0.05) is 6.54 Å². The van der Waals surface area contributed by atoms with Gasteiger partial charge < -0.3 is 24.6 Å². The summed E-state index contributed by atoms with van der Waals surface area (Å²) in [5, 5.41) is 12.7. The molecule has 18 heavy (non-hydrogen) atoms.